The highest BCUT2D eigenvalue weighted by Gasteiger charge is 2.18. The Hall–Kier alpha value is -1.09. The van der Waals surface area contributed by atoms with Crippen molar-refractivity contribution < 1.29 is 0 Å². The molecule has 0 spiro atoms. The van der Waals surface area contributed by atoms with Gasteiger partial charge >= 0.3 is 0 Å². The van der Waals surface area contributed by atoms with E-state index in [0.29, 0.717) is 5.92 Å². The molecule has 0 radical (unpaired) electrons. The van der Waals surface area contributed by atoms with Gasteiger partial charge in [-0.3, -0.25) is 0 Å². The molecule has 0 saturated carbocycles. The average molecular weight is 276 g/mol. The number of hydrogen-bond acceptors (Lipinski definition) is 1. The van der Waals surface area contributed by atoms with E-state index in [1.807, 2.05) is 0 Å². The van der Waals surface area contributed by atoms with Crippen molar-refractivity contribution in [3.05, 3.63) is 29.8 Å². The van der Waals surface area contributed by atoms with Crippen LogP contribution in [0.5, 0.6) is 0 Å². The maximum atomic E-state index is 5.51. The third kappa shape index (κ3) is 3.93. The fourth-order valence-electron chi connectivity index (χ4n) is 2.53. The minimum Gasteiger partial charge on any atom is -0.349 e. The summed E-state index contributed by atoms with van der Waals surface area (Å²) in [5, 5.41) is 4.22. The molecule has 2 rings (SSSR count). The van der Waals surface area contributed by atoms with Gasteiger partial charge in [0.15, 0.2) is 5.11 Å². The van der Waals surface area contributed by atoms with Crippen molar-refractivity contribution in [2.45, 2.75) is 39.5 Å². The number of rotatable bonds is 2. The maximum absolute atomic E-state index is 5.51. The molecule has 3 heteroatoms. The summed E-state index contributed by atoms with van der Waals surface area (Å²) in [6.45, 7) is 8.88. The molecule has 19 heavy (non-hydrogen) atoms. The van der Waals surface area contributed by atoms with Gasteiger partial charge in [0, 0.05) is 18.8 Å². The van der Waals surface area contributed by atoms with Gasteiger partial charge in [-0.05, 0) is 54.6 Å². The van der Waals surface area contributed by atoms with Crippen LogP contribution in [0, 0.1) is 5.92 Å². The molecule has 1 aromatic rings. The van der Waals surface area contributed by atoms with E-state index in [4.69, 9.17) is 12.2 Å². The zero-order valence-electron chi connectivity index (χ0n) is 12.1. The van der Waals surface area contributed by atoms with E-state index in [1.165, 1.54) is 18.4 Å². The van der Waals surface area contributed by atoms with E-state index >= 15 is 0 Å². The molecule has 1 aliphatic rings. The van der Waals surface area contributed by atoms with Crippen LogP contribution >= 0.6 is 12.2 Å². The molecule has 2 nitrogen and oxygen atoms in total. The molecule has 0 amide bonds. The lowest BCUT2D eigenvalue weighted by Gasteiger charge is -2.33. The van der Waals surface area contributed by atoms with Crippen LogP contribution < -0.4 is 5.32 Å². The van der Waals surface area contributed by atoms with Gasteiger partial charge in [-0.2, -0.15) is 0 Å². The lowest BCUT2D eigenvalue weighted by atomic mass is 10.0. The van der Waals surface area contributed by atoms with Crippen LogP contribution in [0.2, 0.25) is 0 Å². The summed E-state index contributed by atoms with van der Waals surface area (Å²) in [7, 11) is 0. The number of hydrogen-bond donors (Lipinski definition) is 1. The Balaban J connectivity index is 1.94. The number of benzene rings is 1. The van der Waals surface area contributed by atoms with Gasteiger partial charge in [-0.15, -0.1) is 0 Å². The number of piperidine rings is 1. The quantitative estimate of drug-likeness (QED) is 0.813. The van der Waals surface area contributed by atoms with Crippen molar-refractivity contribution in [3.63, 3.8) is 0 Å². The first kappa shape index (κ1) is 14.3. The Bertz CT molecular complexity index is 425. The lowest BCUT2D eigenvalue weighted by Crippen LogP contribution is -2.41. The zero-order chi connectivity index (χ0) is 13.8. The maximum Gasteiger partial charge on any atom is 0.173 e. The van der Waals surface area contributed by atoms with Crippen LogP contribution in [0.3, 0.4) is 0 Å². The van der Waals surface area contributed by atoms with Crippen molar-refractivity contribution in [1.29, 1.82) is 0 Å². The third-order valence-corrected chi connectivity index (χ3v) is 4.13. The Morgan fingerprint density at radius 2 is 2.00 bits per heavy atom. The summed E-state index contributed by atoms with van der Waals surface area (Å²) in [5.74, 6) is 1.32. The molecule has 0 aliphatic carbocycles. The second-order valence-electron chi connectivity index (χ2n) is 5.90. The van der Waals surface area contributed by atoms with Gasteiger partial charge in [0.2, 0.25) is 0 Å². The van der Waals surface area contributed by atoms with Crippen LogP contribution in [-0.4, -0.2) is 23.1 Å². The van der Waals surface area contributed by atoms with Crippen LogP contribution in [0.4, 0.5) is 5.69 Å². The molecule has 104 valence electrons. The highest BCUT2D eigenvalue weighted by atomic mass is 32.1. The summed E-state index contributed by atoms with van der Waals surface area (Å²) < 4.78 is 0. The van der Waals surface area contributed by atoms with E-state index in [9.17, 15) is 0 Å². The highest BCUT2D eigenvalue weighted by Crippen LogP contribution is 2.19. The van der Waals surface area contributed by atoms with E-state index in [-0.39, 0.29) is 0 Å². The normalized spacial score (nSPS) is 19.6. The zero-order valence-corrected chi connectivity index (χ0v) is 13.0. The number of thiocarbonyl (C=S) groups is 1. The monoisotopic (exact) mass is 276 g/mol. The van der Waals surface area contributed by atoms with Crippen molar-refractivity contribution in [1.82, 2.24) is 4.90 Å². The van der Waals surface area contributed by atoms with Crippen LogP contribution in [0.25, 0.3) is 0 Å². The second-order valence-corrected chi connectivity index (χ2v) is 6.29. The molecule has 0 bridgehead atoms. The van der Waals surface area contributed by atoms with E-state index in [2.05, 4.69) is 55.3 Å². The first-order chi connectivity index (χ1) is 9.06. The number of likely N-dealkylation sites (tertiary alicyclic amines) is 1. The predicted octanol–water partition coefficient (Wildman–Crippen LogP) is 4.24. The molecule has 0 aromatic heterocycles. The minimum absolute atomic E-state index is 0.573. The number of nitrogens with zero attached hydrogens (tertiary/aromatic N) is 1. The summed E-state index contributed by atoms with van der Waals surface area (Å²) in [6, 6.07) is 8.59. The molecule has 0 unspecified atom stereocenters. The first-order valence-corrected chi connectivity index (χ1v) is 7.63. The second kappa shape index (κ2) is 6.38. The van der Waals surface area contributed by atoms with E-state index in [0.717, 1.165) is 29.8 Å². The van der Waals surface area contributed by atoms with Crippen molar-refractivity contribution in [2.75, 3.05) is 18.4 Å². The van der Waals surface area contributed by atoms with Gasteiger partial charge in [0.25, 0.3) is 0 Å². The molecular formula is C16H24N2S. The smallest absolute Gasteiger partial charge is 0.173 e. The standard InChI is InChI=1S/C16H24N2S/c1-12(2)14-6-8-15(9-7-14)17-16(19)18-10-4-5-13(3)11-18/h6-9,12-13H,4-5,10-11H2,1-3H3,(H,17,19)/t13-/m1/s1. The summed E-state index contributed by atoms with van der Waals surface area (Å²) in [5.41, 5.74) is 2.45. The molecular weight excluding hydrogens is 252 g/mol. The number of nitrogens with one attached hydrogen (secondary N) is 1. The summed E-state index contributed by atoms with van der Waals surface area (Å²) in [4.78, 5) is 2.29. The fraction of sp³-hybridized carbons (Fsp3) is 0.562. The highest BCUT2D eigenvalue weighted by molar-refractivity contribution is 7.80. The van der Waals surface area contributed by atoms with Crippen LogP contribution in [0.1, 0.15) is 45.1 Å². The van der Waals surface area contributed by atoms with E-state index in [1.54, 1.807) is 0 Å². The Morgan fingerprint density at radius 1 is 1.32 bits per heavy atom. The van der Waals surface area contributed by atoms with Crippen LogP contribution in [0.15, 0.2) is 24.3 Å². The summed E-state index contributed by atoms with van der Waals surface area (Å²) in [6.07, 6.45) is 2.57. The first-order valence-electron chi connectivity index (χ1n) is 7.22. The van der Waals surface area contributed by atoms with Crippen molar-refractivity contribution >= 4 is 23.0 Å². The predicted molar refractivity (Wildman–Crippen MR) is 86.7 cm³/mol. The molecule has 1 saturated heterocycles. The fourth-order valence-corrected chi connectivity index (χ4v) is 2.81. The minimum atomic E-state index is 0.573. The topological polar surface area (TPSA) is 15.3 Å². The molecule has 1 aliphatic heterocycles. The molecule has 1 atom stereocenters. The average Bonchev–Trinajstić information content (AvgIpc) is 2.39. The molecule has 1 N–H and O–H groups in total. The van der Waals surface area contributed by atoms with Crippen LogP contribution in [-0.2, 0) is 0 Å². The van der Waals surface area contributed by atoms with E-state index < -0.39 is 0 Å². The van der Waals surface area contributed by atoms with Crippen molar-refractivity contribution in [2.24, 2.45) is 5.92 Å². The molecule has 1 fully saturated rings. The third-order valence-electron chi connectivity index (χ3n) is 3.77. The molecule has 1 heterocycles. The Morgan fingerprint density at radius 3 is 2.58 bits per heavy atom. The Labute approximate surface area is 122 Å². The largest absolute Gasteiger partial charge is 0.349 e. The molecule has 1 aromatic carbocycles. The SMILES string of the molecule is CC(C)c1ccc(NC(=S)N2CCC[C@@H](C)C2)cc1. The summed E-state index contributed by atoms with van der Waals surface area (Å²) >= 11 is 5.51. The van der Waals surface area contributed by atoms with Crippen molar-refractivity contribution in [3.8, 4) is 0 Å². The Kier molecular flexibility index (Phi) is 4.81. The number of anilines is 1. The van der Waals surface area contributed by atoms with Gasteiger partial charge in [-0.25, -0.2) is 0 Å². The lowest BCUT2D eigenvalue weighted by molar-refractivity contribution is 0.276. The van der Waals surface area contributed by atoms with Gasteiger partial charge in [-0.1, -0.05) is 32.9 Å². The van der Waals surface area contributed by atoms with Gasteiger partial charge < -0.3 is 10.2 Å². The van der Waals surface area contributed by atoms with Gasteiger partial charge in [0.05, 0.1) is 0 Å². The van der Waals surface area contributed by atoms with Gasteiger partial charge in [0.1, 0.15) is 0 Å².